The largest absolute Gasteiger partial charge is 0.496 e. The van der Waals surface area contributed by atoms with E-state index in [9.17, 15) is 0 Å². The van der Waals surface area contributed by atoms with E-state index in [2.05, 4.69) is 67.5 Å². The molecule has 21 heavy (non-hydrogen) atoms. The number of benzene rings is 2. The zero-order chi connectivity index (χ0) is 14.9. The molecular weight excluding hydrogens is 394 g/mol. The normalized spacial score (nSPS) is 16.3. The summed E-state index contributed by atoms with van der Waals surface area (Å²) in [6.07, 6.45) is 0.976. The lowest BCUT2D eigenvalue weighted by atomic mass is 9.71. The Bertz CT molecular complexity index is 636. The van der Waals surface area contributed by atoms with Crippen molar-refractivity contribution in [1.82, 2.24) is 5.32 Å². The summed E-state index contributed by atoms with van der Waals surface area (Å²) < 4.78 is 7.73. The van der Waals surface area contributed by atoms with Crippen LogP contribution in [0.25, 0.3) is 0 Å². The third kappa shape index (κ3) is 3.03. The molecule has 0 saturated carbocycles. The highest BCUT2D eigenvalue weighted by Crippen LogP contribution is 2.36. The Kier molecular flexibility index (Phi) is 4.38. The molecule has 1 saturated heterocycles. The van der Waals surface area contributed by atoms with Crippen molar-refractivity contribution < 1.29 is 4.74 Å². The molecule has 2 aromatic carbocycles. The van der Waals surface area contributed by atoms with Gasteiger partial charge in [-0.15, -0.1) is 0 Å². The molecular formula is C17H17Br2NO. The van der Waals surface area contributed by atoms with Crippen molar-refractivity contribution in [3.63, 3.8) is 0 Å². The van der Waals surface area contributed by atoms with Crippen molar-refractivity contribution in [2.24, 2.45) is 0 Å². The second kappa shape index (κ2) is 6.11. The Morgan fingerprint density at radius 2 is 1.71 bits per heavy atom. The van der Waals surface area contributed by atoms with Gasteiger partial charge in [-0.1, -0.05) is 44.0 Å². The van der Waals surface area contributed by atoms with Crippen molar-refractivity contribution >= 4 is 31.9 Å². The number of methoxy groups -OCH3 is 1. The minimum absolute atomic E-state index is 0.161. The molecule has 1 aliphatic heterocycles. The predicted molar refractivity (Wildman–Crippen MR) is 93.1 cm³/mol. The molecule has 0 atom stereocenters. The van der Waals surface area contributed by atoms with Crippen LogP contribution in [0, 0.1) is 0 Å². The zero-order valence-corrected chi connectivity index (χ0v) is 15.0. The molecule has 0 bridgehead atoms. The summed E-state index contributed by atoms with van der Waals surface area (Å²) in [5, 5.41) is 3.42. The maximum atomic E-state index is 5.52. The van der Waals surface area contributed by atoms with E-state index >= 15 is 0 Å². The molecule has 2 aromatic rings. The van der Waals surface area contributed by atoms with E-state index in [1.54, 1.807) is 7.11 Å². The molecule has 1 heterocycles. The van der Waals surface area contributed by atoms with Crippen LogP contribution in [0.3, 0.4) is 0 Å². The first kappa shape index (κ1) is 15.1. The first-order valence-electron chi connectivity index (χ1n) is 6.92. The molecule has 0 amide bonds. The van der Waals surface area contributed by atoms with Crippen molar-refractivity contribution in [3.05, 3.63) is 62.5 Å². The molecule has 0 aromatic heterocycles. The lowest BCUT2D eigenvalue weighted by molar-refractivity contribution is 0.271. The van der Waals surface area contributed by atoms with Crippen molar-refractivity contribution in [3.8, 4) is 5.75 Å². The number of rotatable bonds is 4. The summed E-state index contributed by atoms with van der Waals surface area (Å²) >= 11 is 7.07. The average Bonchev–Trinajstić information content (AvgIpc) is 2.44. The molecule has 1 fully saturated rings. The number of ether oxygens (including phenoxy) is 1. The monoisotopic (exact) mass is 409 g/mol. The minimum Gasteiger partial charge on any atom is -0.496 e. The second-order valence-corrected chi connectivity index (χ2v) is 7.36. The summed E-state index contributed by atoms with van der Waals surface area (Å²) in [5.74, 6) is 0.960. The van der Waals surface area contributed by atoms with Gasteiger partial charge in [0.1, 0.15) is 5.75 Å². The van der Waals surface area contributed by atoms with Crippen LogP contribution in [0.5, 0.6) is 5.75 Å². The quantitative estimate of drug-likeness (QED) is 0.810. The molecule has 0 spiro atoms. The molecule has 0 aliphatic carbocycles. The average molecular weight is 411 g/mol. The van der Waals surface area contributed by atoms with E-state index in [0.717, 1.165) is 34.2 Å². The highest BCUT2D eigenvalue weighted by Gasteiger charge is 2.39. The fourth-order valence-electron chi connectivity index (χ4n) is 2.91. The van der Waals surface area contributed by atoms with Gasteiger partial charge in [-0.3, -0.25) is 0 Å². The van der Waals surface area contributed by atoms with Gasteiger partial charge in [0.25, 0.3) is 0 Å². The topological polar surface area (TPSA) is 21.3 Å². The van der Waals surface area contributed by atoms with Crippen molar-refractivity contribution in [2.45, 2.75) is 11.8 Å². The molecule has 1 N–H and O–H groups in total. The third-order valence-electron chi connectivity index (χ3n) is 4.15. The molecule has 110 valence electrons. The van der Waals surface area contributed by atoms with Gasteiger partial charge in [0.2, 0.25) is 0 Å². The van der Waals surface area contributed by atoms with Crippen molar-refractivity contribution in [1.29, 1.82) is 0 Å². The maximum Gasteiger partial charge on any atom is 0.122 e. The number of hydrogen-bond acceptors (Lipinski definition) is 2. The van der Waals surface area contributed by atoms with E-state index in [1.807, 2.05) is 12.1 Å². The number of halogens is 2. The SMILES string of the molecule is COc1ccc(Br)cc1CC1(c2ccc(Br)cc2)CNC1. The standard InChI is InChI=1S/C17H17Br2NO/c1-21-16-7-6-15(19)8-12(16)9-17(10-20-11-17)13-2-4-14(18)5-3-13/h2-8,20H,9-11H2,1H3. The molecule has 2 nitrogen and oxygen atoms in total. The zero-order valence-electron chi connectivity index (χ0n) is 11.8. The summed E-state index contributed by atoms with van der Waals surface area (Å²) in [5.41, 5.74) is 2.79. The molecule has 0 unspecified atom stereocenters. The van der Waals surface area contributed by atoms with Gasteiger partial charge >= 0.3 is 0 Å². The third-order valence-corrected chi connectivity index (χ3v) is 5.18. The van der Waals surface area contributed by atoms with Gasteiger partial charge in [-0.05, 0) is 47.9 Å². The molecule has 4 heteroatoms. The lowest BCUT2D eigenvalue weighted by Crippen LogP contribution is -2.58. The minimum atomic E-state index is 0.161. The number of nitrogens with one attached hydrogen (secondary N) is 1. The van der Waals surface area contributed by atoms with Crippen LogP contribution in [0.2, 0.25) is 0 Å². The Labute approximate surface area is 142 Å². The van der Waals surface area contributed by atoms with Crippen LogP contribution in [-0.4, -0.2) is 20.2 Å². The molecule has 1 aliphatic rings. The number of hydrogen-bond donors (Lipinski definition) is 1. The maximum absolute atomic E-state index is 5.52. The summed E-state index contributed by atoms with van der Waals surface area (Å²) in [6.45, 7) is 2.01. The van der Waals surface area contributed by atoms with E-state index in [4.69, 9.17) is 4.74 Å². The van der Waals surface area contributed by atoms with E-state index in [1.165, 1.54) is 11.1 Å². The summed E-state index contributed by atoms with van der Waals surface area (Å²) in [6, 6.07) is 14.9. The van der Waals surface area contributed by atoms with Crippen molar-refractivity contribution in [2.75, 3.05) is 20.2 Å². The van der Waals surface area contributed by atoms with Gasteiger partial charge < -0.3 is 10.1 Å². The van der Waals surface area contributed by atoms with Crippen LogP contribution in [-0.2, 0) is 11.8 Å². The Morgan fingerprint density at radius 1 is 1.05 bits per heavy atom. The first-order valence-corrected chi connectivity index (χ1v) is 8.51. The molecule has 0 radical (unpaired) electrons. The summed E-state index contributed by atoms with van der Waals surface area (Å²) in [4.78, 5) is 0. The Morgan fingerprint density at radius 3 is 2.29 bits per heavy atom. The molecule has 3 rings (SSSR count). The van der Waals surface area contributed by atoms with E-state index < -0.39 is 0 Å². The Balaban J connectivity index is 1.94. The fourth-order valence-corrected chi connectivity index (χ4v) is 3.58. The van der Waals surface area contributed by atoms with E-state index in [-0.39, 0.29) is 5.41 Å². The fraction of sp³-hybridized carbons (Fsp3) is 0.294. The predicted octanol–water partition coefficient (Wildman–Crippen LogP) is 4.30. The van der Waals surface area contributed by atoms with Crippen LogP contribution >= 0.6 is 31.9 Å². The van der Waals surface area contributed by atoms with Crippen LogP contribution in [0.1, 0.15) is 11.1 Å². The highest BCUT2D eigenvalue weighted by atomic mass is 79.9. The first-order chi connectivity index (χ1) is 10.1. The van der Waals surface area contributed by atoms with Gasteiger partial charge in [0, 0.05) is 27.4 Å². The summed E-state index contributed by atoms with van der Waals surface area (Å²) in [7, 11) is 1.73. The van der Waals surface area contributed by atoms with Gasteiger partial charge in [0.05, 0.1) is 7.11 Å². The van der Waals surface area contributed by atoms with Gasteiger partial charge in [-0.2, -0.15) is 0 Å². The smallest absolute Gasteiger partial charge is 0.122 e. The lowest BCUT2D eigenvalue weighted by Gasteiger charge is -2.43. The van der Waals surface area contributed by atoms with Crippen LogP contribution < -0.4 is 10.1 Å². The van der Waals surface area contributed by atoms with Gasteiger partial charge in [-0.25, -0.2) is 0 Å². The van der Waals surface area contributed by atoms with Crippen LogP contribution in [0.4, 0.5) is 0 Å². The van der Waals surface area contributed by atoms with E-state index in [0.29, 0.717) is 0 Å². The highest BCUT2D eigenvalue weighted by molar-refractivity contribution is 9.10. The second-order valence-electron chi connectivity index (χ2n) is 5.52. The van der Waals surface area contributed by atoms with Gasteiger partial charge in [0.15, 0.2) is 0 Å². The Hall–Kier alpha value is -0.840. The van der Waals surface area contributed by atoms with Crippen LogP contribution in [0.15, 0.2) is 51.4 Å².